The first kappa shape index (κ1) is 17.7. The third-order valence-corrected chi connectivity index (χ3v) is 7.18. The molecule has 0 amide bonds. The minimum atomic E-state index is -3.30. The fourth-order valence-electron chi connectivity index (χ4n) is 3.06. The van der Waals surface area contributed by atoms with Gasteiger partial charge < -0.3 is 10.5 Å². The highest BCUT2D eigenvalue weighted by Gasteiger charge is 2.72. The van der Waals surface area contributed by atoms with Crippen molar-refractivity contribution in [1.29, 1.82) is 0 Å². The fourth-order valence-corrected chi connectivity index (χ4v) is 5.65. The van der Waals surface area contributed by atoms with Crippen LogP contribution in [0.1, 0.15) is 25.3 Å². The molecule has 7 heteroatoms. The Morgan fingerprint density at radius 2 is 1.95 bits per heavy atom. The Labute approximate surface area is 141 Å². The van der Waals surface area contributed by atoms with Gasteiger partial charge in [0, 0.05) is 23.3 Å². The SMILES string of the molecule is CCOC[C@@]1(C(N)=S)[C@H](S(=O)(=O)CC)[C@@H]1c1ccc(Cl)cc1. The zero-order valence-electron chi connectivity index (χ0n) is 12.6. The summed E-state index contributed by atoms with van der Waals surface area (Å²) in [6.45, 7) is 4.19. The van der Waals surface area contributed by atoms with Crippen molar-refractivity contribution in [2.45, 2.75) is 25.0 Å². The van der Waals surface area contributed by atoms with Crippen molar-refractivity contribution in [2.24, 2.45) is 11.1 Å². The molecular formula is C15H20ClNO3S2. The van der Waals surface area contributed by atoms with Gasteiger partial charge in [-0.25, -0.2) is 8.42 Å². The highest BCUT2D eigenvalue weighted by molar-refractivity contribution is 7.92. The first-order chi connectivity index (χ1) is 10.3. The van der Waals surface area contributed by atoms with E-state index in [2.05, 4.69) is 0 Å². The molecule has 0 aromatic heterocycles. The third-order valence-electron chi connectivity index (χ3n) is 4.28. The van der Waals surface area contributed by atoms with E-state index < -0.39 is 20.5 Å². The normalized spacial score (nSPS) is 27.6. The van der Waals surface area contributed by atoms with Gasteiger partial charge in [-0.2, -0.15) is 0 Å². The quantitative estimate of drug-likeness (QED) is 0.756. The van der Waals surface area contributed by atoms with Gasteiger partial charge in [-0.1, -0.05) is 42.9 Å². The fraction of sp³-hybridized carbons (Fsp3) is 0.533. The Hall–Kier alpha value is -0.690. The van der Waals surface area contributed by atoms with E-state index in [0.29, 0.717) is 11.6 Å². The largest absolute Gasteiger partial charge is 0.393 e. The molecule has 122 valence electrons. The molecule has 0 saturated heterocycles. The lowest BCUT2D eigenvalue weighted by atomic mass is 10.00. The van der Waals surface area contributed by atoms with E-state index in [1.165, 1.54) is 0 Å². The second-order valence-electron chi connectivity index (χ2n) is 5.44. The molecule has 0 radical (unpaired) electrons. The Bertz CT molecular complexity index is 660. The Balaban J connectivity index is 2.48. The number of thiocarbonyl (C=S) groups is 1. The molecule has 1 aliphatic carbocycles. The summed E-state index contributed by atoms with van der Waals surface area (Å²) in [4.78, 5) is 0.197. The number of ether oxygens (including phenoxy) is 1. The number of benzene rings is 1. The smallest absolute Gasteiger partial charge is 0.154 e. The molecule has 1 fully saturated rings. The molecule has 0 unspecified atom stereocenters. The first-order valence-electron chi connectivity index (χ1n) is 7.16. The summed E-state index contributed by atoms with van der Waals surface area (Å²) in [6.07, 6.45) is 0. The maximum absolute atomic E-state index is 12.5. The summed E-state index contributed by atoms with van der Waals surface area (Å²) >= 11 is 11.1. The predicted molar refractivity (Wildman–Crippen MR) is 93.2 cm³/mol. The number of rotatable bonds is 7. The van der Waals surface area contributed by atoms with Gasteiger partial charge in [0.05, 0.1) is 22.3 Å². The van der Waals surface area contributed by atoms with Gasteiger partial charge in [0.1, 0.15) is 0 Å². The molecule has 1 aromatic carbocycles. The molecule has 3 atom stereocenters. The van der Waals surface area contributed by atoms with Crippen LogP contribution in [0, 0.1) is 5.41 Å². The minimum absolute atomic E-state index is 0.0538. The van der Waals surface area contributed by atoms with E-state index in [1.807, 2.05) is 19.1 Å². The molecule has 0 aliphatic heterocycles. The zero-order valence-corrected chi connectivity index (χ0v) is 15.0. The van der Waals surface area contributed by atoms with E-state index in [0.717, 1.165) is 5.56 Å². The van der Waals surface area contributed by atoms with E-state index in [1.54, 1.807) is 19.1 Å². The monoisotopic (exact) mass is 361 g/mol. The van der Waals surface area contributed by atoms with Crippen LogP contribution in [0.2, 0.25) is 5.02 Å². The van der Waals surface area contributed by atoms with Gasteiger partial charge in [-0.3, -0.25) is 0 Å². The molecular weight excluding hydrogens is 342 g/mol. The summed E-state index contributed by atoms with van der Waals surface area (Å²) in [6, 6.07) is 7.15. The molecule has 2 N–H and O–H groups in total. The summed E-state index contributed by atoms with van der Waals surface area (Å²) in [5.41, 5.74) is 5.98. The lowest BCUT2D eigenvalue weighted by molar-refractivity contribution is 0.121. The summed E-state index contributed by atoms with van der Waals surface area (Å²) in [5.74, 6) is -0.225. The minimum Gasteiger partial charge on any atom is -0.393 e. The molecule has 2 rings (SSSR count). The lowest BCUT2D eigenvalue weighted by Gasteiger charge is -2.16. The van der Waals surface area contributed by atoms with Crippen LogP contribution in [0.5, 0.6) is 0 Å². The molecule has 1 aromatic rings. The summed E-state index contributed by atoms with van der Waals surface area (Å²) < 4.78 is 30.5. The van der Waals surface area contributed by atoms with Crippen LogP contribution in [0.4, 0.5) is 0 Å². The van der Waals surface area contributed by atoms with Gasteiger partial charge in [0.2, 0.25) is 0 Å². The second kappa shape index (κ2) is 6.43. The van der Waals surface area contributed by atoms with Crippen LogP contribution < -0.4 is 5.73 Å². The number of halogens is 1. The Kier molecular flexibility index (Phi) is 5.16. The van der Waals surface area contributed by atoms with Crippen molar-refractivity contribution in [3.63, 3.8) is 0 Å². The predicted octanol–water partition coefficient (Wildman–Crippen LogP) is 2.55. The van der Waals surface area contributed by atoms with Crippen molar-refractivity contribution < 1.29 is 13.2 Å². The number of hydrogen-bond acceptors (Lipinski definition) is 4. The van der Waals surface area contributed by atoms with Crippen molar-refractivity contribution in [3.8, 4) is 0 Å². The second-order valence-corrected chi connectivity index (χ2v) is 8.73. The topological polar surface area (TPSA) is 69.4 Å². The maximum atomic E-state index is 12.5. The van der Waals surface area contributed by atoms with Crippen LogP contribution >= 0.6 is 23.8 Å². The molecule has 22 heavy (non-hydrogen) atoms. The van der Waals surface area contributed by atoms with Gasteiger partial charge in [0.25, 0.3) is 0 Å². The van der Waals surface area contributed by atoms with Crippen molar-refractivity contribution in [1.82, 2.24) is 0 Å². The zero-order chi connectivity index (χ0) is 16.5. The average Bonchev–Trinajstić information content (AvgIpc) is 3.17. The molecule has 4 nitrogen and oxygen atoms in total. The van der Waals surface area contributed by atoms with Gasteiger partial charge in [-0.15, -0.1) is 0 Å². The molecule has 0 bridgehead atoms. The van der Waals surface area contributed by atoms with Crippen LogP contribution in [0.25, 0.3) is 0 Å². The first-order valence-corrected chi connectivity index (χ1v) is 9.66. The van der Waals surface area contributed by atoms with Gasteiger partial charge in [-0.05, 0) is 24.6 Å². The molecule has 0 spiro atoms. The van der Waals surface area contributed by atoms with Crippen LogP contribution in [0.15, 0.2) is 24.3 Å². The number of hydrogen-bond donors (Lipinski definition) is 1. The van der Waals surface area contributed by atoms with Crippen molar-refractivity contribution in [3.05, 3.63) is 34.9 Å². The molecule has 0 heterocycles. The van der Waals surface area contributed by atoms with E-state index in [9.17, 15) is 8.42 Å². The van der Waals surface area contributed by atoms with Crippen LogP contribution in [-0.2, 0) is 14.6 Å². The van der Waals surface area contributed by atoms with E-state index in [4.69, 9.17) is 34.3 Å². The average molecular weight is 362 g/mol. The highest BCUT2D eigenvalue weighted by atomic mass is 35.5. The standard InChI is InChI=1S/C15H20ClNO3S2/c1-3-20-9-15(14(17)21)12(13(15)22(18,19)4-2)10-5-7-11(16)8-6-10/h5-8,12-13H,3-4,9H2,1-2H3,(H2,17,21)/t12-,13+,15-/m0/s1. The van der Waals surface area contributed by atoms with E-state index in [-0.39, 0.29) is 23.3 Å². The lowest BCUT2D eigenvalue weighted by Crippen LogP contribution is -2.34. The highest BCUT2D eigenvalue weighted by Crippen LogP contribution is 2.63. The third kappa shape index (κ3) is 2.89. The Morgan fingerprint density at radius 1 is 1.36 bits per heavy atom. The van der Waals surface area contributed by atoms with Crippen LogP contribution in [0.3, 0.4) is 0 Å². The van der Waals surface area contributed by atoms with Crippen molar-refractivity contribution in [2.75, 3.05) is 19.0 Å². The Morgan fingerprint density at radius 3 is 2.41 bits per heavy atom. The van der Waals surface area contributed by atoms with Gasteiger partial charge in [0.15, 0.2) is 9.84 Å². The molecule has 1 aliphatic rings. The van der Waals surface area contributed by atoms with Crippen molar-refractivity contribution >= 4 is 38.6 Å². The summed E-state index contributed by atoms with van der Waals surface area (Å²) in [7, 11) is -3.30. The van der Waals surface area contributed by atoms with E-state index >= 15 is 0 Å². The number of nitrogens with two attached hydrogens (primary N) is 1. The maximum Gasteiger partial charge on any atom is 0.154 e. The molecule has 1 saturated carbocycles. The number of sulfone groups is 1. The summed E-state index contributed by atoms with van der Waals surface area (Å²) in [5, 5.41) is -0.0275. The van der Waals surface area contributed by atoms with Crippen LogP contribution in [-0.4, -0.2) is 37.6 Å². The van der Waals surface area contributed by atoms with Gasteiger partial charge >= 0.3 is 0 Å².